The molecule has 2 rings (SSSR count). The maximum absolute atomic E-state index is 13.1. The van der Waals surface area contributed by atoms with Gasteiger partial charge in [0, 0.05) is 6.04 Å². The molecular weight excluding hydrogens is 285 g/mol. The highest BCUT2D eigenvalue weighted by atomic mass is 19.1. The second-order valence-corrected chi connectivity index (χ2v) is 5.05. The number of nitrogens with one attached hydrogen (secondary N) is 2. The average Bonchev–Trinajstić information content (AvgIpc) is 2.47. The molecule has 1 unspecified atom stereocenters. The minimum absolute atomic E-state index is 0.121. The van der Waals surface area contributed by atoms with E-state index in [1.54, 1.807) is 0 Å². The van der Waals surface area contributed by atoms with E-state index in [9.17, 15) is 9.18 Å². The van der Waals surface area contributed by atoms with Crippen molar-refractivity contribution < 1.29 is 9.18 Å². The predicted molar refractivity (Wildman–Crippen MR) is 82.1 cm³/mol. The van der Waals surface area contributed by atoms with Crippen molar-refractivity contribution in [3.63, 3.8) is 0 Å². The van der Waals surface area contributed by atoms with Gasteiger partial charge in [-0.05, 0) is 49.9 Å². The predicted octanol–water partition coefficient (Wildman–Crippen LogP) is 2.32. The first kappa shape index (κ1) is 15.8. The molecular formula is C15H18FN5O. The van der Waals surface area contributed by atoms with Gasteiger partial charge in [-0.25, -0.2) is 14.4 Å². The number of nitrogens with zero attached hydrogens (tertiary/aromatic N) is 3. The normalized spacial score (nSPS) is 11.8. The fourth-order valence-electron chi connectivity index (χ4n) is 2.09. The van der Waals surface area contributed by atoms with Gasteiger partial charge in [-0.15, -0.1) is 0 Å². The molecule has 0 aliphatic rings. The number of halogens is 1. The standard InChI is InChI=1S/C15H18FN5O/c1-10-7-13(16)6-5-12(10)4-3-11(2)20-15-18-8-17-14(21-15)19-9-22/h5-9,11H,3-4H2,1-2H3,(H2,17,18,19,20,21,22). The zero-order valence-corrected chi connectivity index (χ0v) is 12.5. The number of hydrogen-bond acceptors (Lipinski definition) is 5. The van der Waals surface area contributed by atoms with E-state index in [-0.39, 0.29) is 17.8 Å². The third-order valence-corrected chi connectivity index (χ3v) is 3.29. The summed E-state index contributed by atoms with van der Waals surface area (Å²) in [6.07, 6.45) is 3.51. The highest BCUT2D eigenvalue weighted by Crippen LogP contribution is 2.14. The number of carbonyl (C=O) groups is 1. The average molecular weight is 303 g/mol. The lowest BCUT2D eigenvalue weighted by molar-refractivity contribution is -0.105. The van der Waals surface area contributed by atoms with Gasteiger partial charge < -0.3 is 5.32 Å². The summed E-state index contributed by atoms with van der Waals surface area (Å²) in [5.74, 6) is 0.393. The van der Waals surface area contributed by atoms with Gasteiger partial charge in [0.05, 0.1) is 0 Å². The number of carbonyl (C=O) groups excluding carboxylic acids is 1. The van der Waals surface area contributed by atoms with Crippen LogP contribution in [0.1, 0.15) is 24.5 Å². The van der Waals surface area contributed by atoms with Crippen molar-refractivity contribution in [2.45, 2.75) is 32.7 Å². The van der Waals surface area contributed by atoms with E-state index >= 15 is 0 Å². The number of aromatic nitrogens is 3. The van der Waals surface area contributed by atoms with Gasteiger partial charge in [-0.2, -0.15) is 4.98 Å². The Kier molecular flexibility index (Phi) is 5.35. The zero-order valence-electron chi connectivity index (χ0n) is 12.5. The molecule has 1 amide bonds. The number of rotatable bonds is 7. The van der Waals surface area contributed by atoms with Crippen molar-refractivity contribution in [2.24, 2.45) is 0 Å². The number of anilines is 2. The first-order chi connectivity index (χ1) is 10.6. The Hall–Kier alpha value is -2.57. The molecule has 1 aromatic heterocycles. The molecule has 0 bridgehead atoms. The van der Waals surface area contributed by atoms with Gasteiger partial charge in [-0.3, -0.25) is 10.1 Å². The molecule has 0 aliphatic heterocycles. The van der Waals surface area contributed by atoms with Crippen LogP contribution in [-0.4, -0.2) is 27.4 Å². The Balaban J connectivity index is 1.91. The van der Waals surface area contributed by atoms with E-state index in [0.29, 0.717) is 12.4 Å². The van der Waals surface area contributed by atoms with Gasteiger partial charge in [0.25, 0.3) is 0 Å². The third kappa shape index (κ3) is 4.47. The molecule has 2 aromatic rings. The van der Waals surface area contributed by atoms with Crippen LogP contribution in [0.5, 0.6) is 0 Å². The molecule has 6 nitrogen and oxygen atoms in total. The van der Waals surface area contributed by atoms with Crippen molar-refractivity contribution in [1.82, 2.24) is 15.0 Å². The third-order valence-electron chi connectivity index (χ3n) is 3.29. The molecule has 116 valence electrons. The summed E-state index contributed by atoms with van der Waals surface area (Å²) < 4.78 is 13.1. The molecule has 0 fully saturated rings. The van der Waals surface area contributed by atoms with Crippen LogP contribution < -0.4 is 10.6 Å². The molecule has 1 aromatic carbocycles. The molecule has 0 saturated heterocycles. The Labute approximate surface area is 128 Å². The molecule has 7 heteroatoms. The fraction of sp³-hybridized carbons (Fsp3) is 0.333. The van der Waals surface area contributed by atoms with Crippen LogP contribution in [-0.2, 0) is 11.2 Å². The molecule has 0 saturated carbocycles. The fourth-order valence-corrected chi connectivity index (χ4v) is 2.09. The Bertz CT molecular complexity index is 650. The smallest absolute Gasteiger partial charge is 0.233 e. The van der Waals surface area contributed by atoms with E-state index in [0.717, 1.165) is 24.0 Å². The largest absolute Gasteiger partial charge is 0.352 e. The minimum atomic E-state index is -0.215. The maximum atomic E-state index is 13.1. The van der Waals surface area contributed by atoms with E-state index in [4.69, 9.17) is 0 Å². The van der Waals surface area contributed by atoms with Crippen LogP contribution in [0.3, 0.4) is 0 Å². The van der Waals surface area contributed by atoms with Gasteiger partial charge >= 0.3 is 0 Å². The first-order valence-electron chi connectivity index (χ1n) is 6.99. The quantitative estimate of drug-likeness (QED) is 0.767. The van der Waals surface area contributed by atoms with Gasteiger partial charge in [0.1, 0.15) is 12.1 Å². The van der Waals surface area contributed by atoms with Crippen LogP contribution in [0.4, 0.5) is 16.3 Å². The van der Waals surface area contributed by atoms with E-state index in [1.807, 2.05) is 19.9 Å². The zero-order chi connectivity index (χ0) is 15.9. The van der Waals surface area contributed by atoms with Crippen molar-refractivity contribution >= 4 is 18.3 Å². The summed E-state index contributed by atoms with van der Waals surface area (Å²) in [6, 6.07) is 4.95. The van der Waals surface area contributed by atoms with Crippen molar-refractivity contribution in [3.8, 4) is 0 Å². The molecule has 1 atom stereocenters. The highest BCUT2D eigenvalue weighted by Gasteiger charge is 2.07. The summed E-state index contributed by atoms with van der Waals surface area (Å²) in [5.41, 5.74) is 2.07. The van der Waals surface area contributed by atoms with Crippen LogP contribution in [0, 0.1) is 12.7 Å². The van der Waals surface area contributed by atoms with Crippen molar-refractivity contribution in [3.05, 3.63) is 41.5 Å². The summed E-state index contributed by atoms with van der Waals surface area (Å²) >= 11 is 0. The van der Waals surface area contributed by atoms with E-state index in [1.165, 1.54) is 18.5 Å². The summed E-state index contributed by atoms with van der Waals surface area (Å²) in [7, 11) is 0. The van der Waals surface area contributed by atoms with E-state index < -0.39 is 0 Å². The molecule has 0 aliphatic carbocycles. The minimum Gasteiger partial charge on any atom is -0.352 e. The van der Waals surface area contributed by atoms with Gasteiger partial charge in [0.15, 0.2) is 0 Å². The second-order valence-electron chi connectivity index (χ2n) is 5.05. The number of benzene rings is 1. The number of amides is 1. The molecule has 2 N–H and O–H groups in total. The van der Waals surface area contributed by atoms with Crippen LogP contribution >= 0.6 is 0 Å². The van der Waals surface area contributed by atoms with Crippen molar-refractivity contribution in [2.75, 3.05) is 10.6 Å². The van der Waals surface area contributed by atoms with Crippen LogP contribution in [0.15, 0.2) is 24.5 Å². The van der Waals surface area contributed by atoms with Crippen LogP contribution in [0.2, 0.25) is 0 Å². The van der Waals surface area contributed by atoms with Crippen LogP contribution in [0.25, 0.3) is 0 Å². The Morgan fingerprint density at radius 1 is 1.32 bits per heavy atom. The summed E-state index contributed by atoms with van der Waals surface area (Å²) in [5, 5.41) is 5.52. The number of aryl methyl sites for hydroxylation is 2. The van der Waals surface area contributed by atoms with Gasteiger partial charge in [-0.1, -0.05) is 6.07 Å². The maximum Gasteiger partial charge on any atom is 0.233 e. The van der Waals surface area contributed by atoms with Crippen molar-refractivity contribution in [1.29, 1.82) is 0 Å². The lowest BCUT2D eigenvalue weighted by Gasteiger charge is -2.14. The molecule has 0 spiro atoms. The topological polar surface area (TPSA) is 79.8 Å². The van der Waals surface area contributed by atoms with Gasteiger partial charge in [0.2, 0.25) is 18.3 Å². The lowest BCUT2D eigenvalue weighted by atomic mass is 10.0. The van der Waals surface area contributed by atoms with E-state index in [2.05, 4.69) is 25.6 Å². The molecule has 1 heterocycles. The Morgan fingerprint density at radius 2 is 2.09 bits per heavy atom. The summed E-state index contributed by atoms with van der Waals surface area (Å²) in [6.45, 7) is 3.91. The lowest BCUT2D eigenvalue weighted by Crippen LogP contribution is -2.18. The second kappa shape index (κ2) is 7.44. The number of hydrogen-bond donors (Lipinski definition) is 2. The highest BCUT2D eigenvalue weighted by molar-refractivity contribution is 5.66. The SMILES string of the molecule is Cc1cc(F)ccc1CCC(C)Nc1ncnc(NC=O)n1. The monoisotopic (exact) mass is 303 g/mol. The first-order valence-corrected chi connectivity index (χ1v) is 6.99. The molecule has 22 heavy (non-hydrogen) atoms. The summed E-state index contributed by atoms with van der Waals surface area (Å²) in [4.78, 5) is 22.2. The Morgan fingerprint density at radius 3 is 2.82 bits per heavy atom. The molecule has 0 radical (unpaired) electrons.